The highest BCUT2D eigenvalue weighted by molar-refractivity contribution is 7.87. The molecule has 6 heterocycles. The summed E-state index contributed by atoms with van der Waals surface area (Å²) in [6, 6.07) is 9.79. The average molecular weight is 1600 g/mol. The zero-order valence-electron chi connectivity index (χ0n) is 57.5. The van der Waals surface area contributed by atoms with Crippen LogP contribution in [0.25, 0.3) is 32.7 Å². The number of benzene rings is 4. The summed E-state index contributed by atoms with van der Waals surface area (Å²) in [6.07, 6.45) is 4.68. The number of phosphoric acid groups is 2. The number of likely N-dealkylation sites (N-methyl/N-ethyl adjacent to an activating group) is 1. The van der Waals surface area contributed by atoms with Crippen molar-refractivity contribution in [3.8, 4) is 0 Å². The Kier molecular flexibility index (Phi) is 24.3. The molecule has 106 heavy (non-hydrogen) atoms. The van der Waals surface area contributed by atoms with Gasteiger partial charge in [0, 0.05) is 71.3 Å². The largest absolute Gasteiger partial charge is 0.481 e. The highest BCUT2D eigenvalue weighted by Gasteiger charge is 2.48. The Balaban J connectivity index is 0.742. The molecule has 3 aliphatic heterocycles. The van der Waals surface area contributed by atoms with Crippen molar-refractivity contribution in [2.24, 2.45) is 4.99 Å². The molecule has 12 N–H and O–H groups in total. The second kappa shape index (κ2) is 31.7. The van der Waals surface area contributed by atoms with E-state index in [-0.39, 0.29) is 70.6 Å². The number of amides is 1. The van der Waals surface area contributed by atoms with Crippen molar-refractivity contribution >= 4 is 112 Å². The summed E-state index contributed by atoms with van der Waals surface area (Å²) in [7, 11) is -30.7. The van der Waals surface area contributed by atoms with Gasteiger partial charge in [0.05, 0.1) is 48.7 Å². The number of aliphatic imine (C=N–C) groups is 1. The van der Waals surface area contributed by atoms with Gasteiger partial charge in [-0.1, -0.05) is 75.8 Å². The van der Waals surface area contributed by atoms with E-state index in [1.165, 1.54) is 29.4 Å². The topological polar surface area (TPSA) is 550 Å². The van der Waals surface area contributed by atoms with Crippen molar-refractivity contribution in [1.29, 1.82) is 0 Å². The fourth-order valence-electron chi connectivity index (χ4n) is 13.1. The summed E-state index contributed by atoms with van der Waals surface area (Å²) in [4.78, 5) is 50.0. The van der Waals surface area contributed by atoms with Gasteiger partial charge in [-0.3, -0.25) is 46.3 Å². The third kappa shape index (κ3) is 18.2. The third-order valence-electron chi connectivity index (χ3n) is 18.1. The van der Waals surface area contributed by atoms with E-state index in [2.05, 4.69) is 44.7 Å². The van der Waals surface area contributed by atoms with Gasteiger partial charge < -0.3 is 55.2 Å². The van der Waals surface area contributed by atoms with Crippen molar-refractivity contribution in [2.45, 2.75) is 160 Å². The van der Waals surface area contributed by atoms with Crippen LogP contribution in [0.1, 0.15) is 95.3 Å². The predicted octanol–water partition coefficient (Wildman–Crippen LogP) is 4.92. The number of allylic oxidation sites excluding steroid dienone is 6. The lowest BCUT2D eigenvalue weighted by atomic mass is 9.75. The molecule has 0 radical (unpaired) electrons. The molecule has 4 aromatic carbocycles. The van der Waals surface area contributed by atoms with E-state index in [9.17, 15) is 96.0 Å². The minimum absolute atomic E-state index is 0.0278. The molecule has 9 atom stereocenters. The number of aliphatic hydroxyl groups excluding tert-OH is 4. The SMILES string of the molecule is CCN1/C(=C/C=C/C=C/C(=NCCCCCC(=O)NCCCn2cc(CNc3ncnc4c3ncn4[C@@H]3O[C@H](COP(=O)(O)OP(=O)(O)OC[C@H]4OC[C@H](O)[C@@H]4O)[C@@H](O)[C@H]3O)nn2)C(C)(C)c2c(C)ccc3c(S(=O)(=O)O)cc(S(=O)(=O)O)cc23)C(C)(C)c2c1ccc1c(S(=O)(=O)O)cc(S(=O)(=O)O)cc21. The lowest BCUT2D eigenvalue weighted by Gasteiger charge is -2.30. The van der Waals surface area contributed by atoms with Gasteiger partial charge in [-0.25, -0.2) is 24.1 Å². The Morgan fingerprint density at radius 2 is 1.42 bits per heavy atom. The number of carbonyl (C=O) groups excluding carboxylic acids is 1. The quantitative estimate of drug-likeness (QED) is 0.00875. The molecule has 2 fully saturated rings. The van der Waals surface area contributed by atoms with Crippen LogP contribution in [-0.4, -0.2) is 204 Å². The molecule has 0 aliphatic carbocycles. The third-order valence-corrected chi connectivity index (χ3v) is 24.2. The number of carbonyl (C=O) groups is 1. The number of ether oxygens (including phenoxy) is 2. The Morgan fingerprint density at radius 1 is 0.774 bits per heavy atom. The van der Waals surface area contributed by atoms with Gasteiger partial charge in [0.15, 0.2) is 23.2 Å². The van der Waals surface area contributed by atoms with Gasteiger partial charge >= 0.3 is 15.6 Å². The fourth-order valence-corrected chi connectivity index (χ4v) is 17.9. The van der Waals surface area contributed by atoms with Crippen LogP contribution in [-0.2, 0) is 101 Å². The number of hydrogen-bond acceptors (Lipinski definition) is 28. The number of aryl methyl sites for hydroxylation is 2. The molecule has 0 bridgehead atoms. The number of nitrogens with one attached hydrogen (secondary N) is 2. The average Bonchev–Trinajstić information content (AvgIpc) is 1.50. The van der Waals surface area contributed by atoms with Crippen molar-refractivity contribution in [3.05, 3.63) is 126 Å². The molecule has 37 nitrogen and oxygen atoms in total. The number of rotatable bonds is 32. The van der Waals surface area contributed by atoms with Gasteiger partial charge in [0.25, 0.3) is 40.5 Å². The van der Waals surface area contributed by atoms with Crippen LogP contribution in [0.2, 0.25) is 0 Å². The molecule has 3 aromatic heterocycles. The standard InChI is InChI=1S/C63H79N11O26P2S4/c1-7-73-44-21-20-41-43(26-39(104(87,88)89)28-49(41)106(93,94)95)54(44)63(5,6)51(73)16-11-8-10-15-50(62(3,4)53-36(2)18-19-40-42(53)25-38(103(84,85)86)27-48(40)105(90,91)92)64-22-13-9-12-17-52(76)65-23-14-24-72-30-37(70-71-72)29-66-59-55-60(68-34-67-59)74(35-69-55)61-58(79)57(78)47(99-61)33-98-102(82,83)100-101(80,81)97-32-46-56(77)45(75)31-96-46/h8,10-11,15-16,18-21,25-28,30,34-35,45-47,56-58,61,75,77-79H,7,9,12-14,17,22-24,29,31-33H2,1-6H3,(H,65,76)(H,80,81)(H,82,83)(H,66,67,68)(H,84,85,86)(H,87,88,89)(H,90,91,92)(H,93,94,95)/b11-8+,15-10+,51-16+,64-50?/t45-,46+,47+,56-,57+,58+,61+/m0/s1. The first-order valence-corrected chi connectivity index (χ1v) is 41.5. The number of unbranched alkanes of at least 4 members (excludes halogenated alkanes) is 2. The molecule has 10 rings (SSSR count). The molecular formula is C63H79N11O26P2S4. The summed E-state index contributed by atoms with van der Waals surface area (Å²) in [5, 5.41) is 55.9. The van der Waals surface area contributed by atoms with Crippen LogP contribution in [0.3, 0.4) is 0 Å². The van der Waals surface area contributed by atoms with E-state index in [4.69, 9.17) is 19.0 Å². The fraction of sp³-hybridized carbons (Fsp3) is 0.444. The first kappa shape index (κ1) is 81.2. The van der Waals surface area contributed by atoms with E-state index in [0.29, 0.717) is 96.9 Å². The van der Waals surface area contributed by atoms with Crippen LogP contribution in [0.15, 0.2) is 128 Å². The zero-order chi connectivity index (χ0) is 77.4. The molecule has 2 unspecified atom stereocenters. The summed E-state index contributed by atoms with van der Waals surface area (Å²) in [6.45, 7) is 10.3. The number of imidazole rings is 1. The Bertz CT molecular complexity index is 5250. The number of phosphoric ester groups is 2. The van der Waals surface area contributed by atoms with Crippen molar-refractivity contribution < 1.29 is 119 Å². The molecule has 2 saturated heterocycles. The van der Waals surface area contributed by atoms with E-state index < -0.39 is 143 Å². The number of aromatic nitrogens is 7. The number of nitrogens with zero attached hydrogens (tertiary/aromatic N) is 9. The van der Waals surface area contributed by atoms with E-state index in [0.717, 1.165) is 12.1 Å². The van der Waals surface area contributed by atoms with E-state index >= 15 is 0 Å². The lowest BCUT2D eigenvalue weighted by molar-refractivity contribution is -0.121. The van der Waals surface area contributed by atoms with E-state index in [1.807, 2.05) is 31.7 Å². The summed E-state index contributed by atoms with van der Waals surface area (Å²) in [5.74, 6) is 0.0291. The van der Waals surface area contributed by atoms with Crippen molar-refractivity contribution in [2.75, 3.05) is 49.7 Å². The van der Waals surface area contributed by atoms with Crippen molar-refractivity contribution in [3.63, 3.8) is 0 Å². The number of aliphatic hydroxyl groups is 4. The molecule has 0 spiro atoms. The lowest BCUT2D eigenvalue weighted by Crippen LogP contribution is -2.33. The highest BCUT2D eigenvalue weighted by atomic mass is 32.2. The number of fused-ring (bicyclic) bond motifs is 5. The van der Waals surface area contributed by atoms with Gasteiger partial charge in [0.2, 0.25) is 5.91 Å². The maximum atomic E-state index is 13.0. The second-order valence-corrected chi connectivity index (χ2v) is 34.8. The minimum Gasteiger partial charge on any atom is -0.388 e. The molecule has 576 valence electrons. The maximum Gasteiger partial charge on any atom is 0.481 e. The smallest absolute Gasteiger partial charge is 0.388 e. The van der Waals surface area contributed by atoms with Crippen LogP contribution in [0.5, 0.6) is 0 Å². The number of hydrogen-bond donors (Lipinski definition) is 12. The molecular weight excluding hydrogens is 1520 g/mol. The predicted molar refractivity (Wildman–Crippen MR) is 379 cm³/mol. The minimum atomic E-state index is -5.40. The van der Waals surface area contributed by atoms with Crippen LogP contribution >= 0.6 is 15.6 Å². The van der Waals surface area contributed by atoms with Gasteiger partial charge in [-0.15, -0.1) is 5.10 Å². The second-order valence-electron chi connectivity index (χ2n) is 26.2. The zero-order valence-corrected chi connectivity index (χ0v) is 62.6. The first-order chi connectivity index (χ1) is 49.5. The summed E-state index contributed by atoms with van der Waals surface area (Å²) < 4.78 is 194. The van der Waals surface area contributed by atoms with Gasteiger partial charge in [-0.05, 0) is 103 Å². The van der Waals surface area contributed by atoms with Crippen LogP contribution < -0.4 is 15.5 Å². The van der Waals surface area contributed by atoms with Crippen LogP contribution in [0, 0.1) is 6.92 Å². The molecule has 0 saturated carbocycles. The van der Waals surface area contributed by atoms with Gasteiger partial charge in [-0.2, -0.15) is 38.0 Å². The Hall–Kier alpha value is -7.29. The summed E-state index contributed by atoms with van der Waals surface area (Å²) in [5.41, 5.74) is 1.99. The van der Waals surface area contributed by atoms with Crippen molar-refractivity contribution in [1.82, 2.24) is 39.8 Å². The molecule has 3 aliphatic rings. The number of anilines is 2. The molecule has 7 aromatic rings. The Morgan fingerprint density at radius 3 is 2.05 bits per heavy atom. The van der Waals surface area contributed by atoms with Gasteiger partial charge in [0.1, 0.15) is 58.4 Å². The highest BCUT2D eigenvalue weighted by Crippen LogP contribution is 2.61. The monoisotopic (exact) mass is 1600 g/mol. The summed E-state index contributed by atoms with van der Waals surface area (Å²) >= 11 is 0. The first-order valence-electron chi connectivity index (χ1n) is 32.7. The normalized spacial score (nSPS) is 22.0. The Labute approximate surface area is 607 Å². The molecule has 43 heteroatoms. The maximum absolute atomic E-state index is 13.0. The molecule has 1 amide bonds. The van der Waals surface area contributed by atoms with E-state index in [1.54, 1.807) is 68.1 Å². The van der Waals surface area contributed by atoms with Crippen LogP contribution in [0.4, 0.5) is 11.5 Å².